The molecular weight excluding hydrogens is 682 g/mol. The average molecular weight is 728 g/mol. The van der Waals surface area contributed by atoms with Crippen molar-refractivity contribution in [3.05, 3.63) is 99.6 Å². The van der Waals surface area contributed by atoms with Gasteiger partial charge in [-0.25, -0.2) is 14.6 Å². The van der Waals surface area contributed by atoms with Gasteiger partial charge in [0.2, 0.25) is 17.8 Å². The maximum Gasteiger partial charge on any atom is 0.326 e. The van der Waals surface area contributed by atoms with Crippen molar-refractivity contribution >= 4 is 46.8 Å². The van der Waals surface area contributed by atoms with Crippen molar-refractivity contribution in [3.63, 3.8) is 0 Å². The zero-order chi connectivity index (χ0) is 39.3. The lowest BCUT2D eigenvalue weighted by atomic mass is 9.88. The first kappa shape index (κ1) is 41.1. The van der Waals surface area contributed by atoms with Gasteiger partial charge in [0, 0.05) is 37.1 Å². The van der Waals surface area contributed by atoms with Crippen LogP contribution >= 0.6 is 0 Å². The van der Waals surface area contributed by atoms with E-state index in [9.17, 15) is 44.8 Å². The molecule has 0 aliphatic heterocycles. The third-order valence-corrected chi connectivity index (χ3v) is 7.98. The van der Waals surface area contributed by atoms with E-state index in [1.54, 1.807) is 54.7 Å². The van der Waals surface area contributed by atoms with Crippen LogP contribution in [0.5, 0.6) is 0 Å². The highest BCUT2D eigenvalue weighted by Gasteiger charge is 2.29. The highest BCUT2D eigenvalue weighted by Crippen LogP contribution is 2.27. The number of hydrogen-bond donors (Lipinski definition) is 6. The Morgan fingerprint density at radius 3 is 1.89 bits per heavy atom. The summed E-state index contributed by atoms with van der Waals surface area (Å²) >= 11 is 0. The molecule has 2 amide bonds. The Bertz CT molecular complexity index is 1850. The fourth-order valence-electron chi connectivity index (χ4n) is 5.51. The second-order valence-corrected chi connectivity index (χ2v) is 14.2. The van der Waals surface area contributed by atoms with E-state index in [1.165, 1.54) is 24.3 Å². The minimum absolute atomic E-state index is 0.0529. The Morgan fingerprint density at radius 2 is 1.42 bits per heavy atom. The van der Waals surface area contributed by atoms with Crippen LogP contribution in [0.2, 0.25) is 0 Å². The molecule has 6 N–H and O–H groups in total. The van der Waals surface area contributed by atoms with Gasteiger partial charge in [-0.05, 0) is 58.7 Å². The van der Waals surface area contributed by atoms with Crippen LogP contribution in [0.4, 0.5) is 17.1 Å². The minimum atomic E-state index is -1.34. The van der Waals surface area contributed by atoms with Gasteiger partial charge >= 0.3 is 11.9 Å². The van der Waals surface area contributed by atoms with E-state index in [1.807, 2.05) is 34.6 Å². The van der Waals surface area contributed by atoms with E-state index >= 15 is 0 Å². The highest BCUT2D eigenvalue weighted by molar-refractivity contribution is 5.96. The molecule has 0 aliphatic rings. The first-order chi connectivity index (χ1) is 24.9. The molecule has 0 fully saturated rings. The number of carboxylic acids is 2. The maximum atomic E-state index is 13.8. The number of carbonyl (C=O) groups excluding carboxylic acids is 2. The topological polar surface area (TPSA) is 236 Å². The number of guanidine groups is 1. The molecule has 0 saturated heterocycles. The zero-order valence-corrected chi connectivity index (χ0v) is 30.3. The van der Waals surface area contributed by atoms with Crippen LogP contribution in [0.3, 0.4) is 0 Å². The number of anilines is 1. The van der Waals surface area contributed by atoms with Gasteiger partial charge in [-0.3, -0.25) is 25.0 Å². The van der Waals surface area contributed by atoms with E-state index in [2.05, 4.69) is 26.3 Å². The van der Waals surface area contributed by atoms with Gasteiger partial charge in [0.1, 0.15) is 12.1 Å². The Morgan fingerprint density at radius 1 is 0.868 bits per heavy atom. The SMILES string of the molecule is CC(C)CC(C(=O)NC(Cc1ccccc1CC(NC(=O)CC(C)(C)C)C(=O)O)C(=O)O)c1ccc(NC(=Nc2ccc([N+](=O)[O-])cc2)NC#N)cc1. The van der Waals surface area contributed by atoms with Crippen molar-refractivity contribution in [2.24, 2.45) is 16.3 Å². The molecule has 3 aromatic carbocycles. The molecule has 3 rings (SSSR count). The van der Waals surface area contributed by atoms with Gasteiger partial charge in [-0.2, -0.15) is 5.26 Å². The second-order valence-electron chi connectivity index (χ2n) is 14.2. The number of nitro benzene ring substituents is 1. The number of non-ortho nitro benzene ring substituents is 1. The van der Waals surface area contributed by atoms with E-state index in [-0.39, 0.29) is 42.2 Å². The van der Waals surface area contributed by atoms with Crippen LogP contribution in [-0.4, -0.2) is 56.9 Å². The molecule has 3 atom stereocenters. The molecule has 15 heteroatoms. The van der Waals surface area contributed by atoms with Crippen molar-refractivity contribution in [2.45, 2.75) is 78.3 Å². The number of aliphatic carboxylic acids is 2. The van der Waals surface area contributed by atoms with Gasteiger partial charge in [0.15, 0.2) is 6.19 Å². The van der Waals surface area contributed by atoms with E-state index < -0.39 is 46.7 Å². The molecular formula is C38H45N7O8. The van der Waals surface area contributed by atoms with Gasteiger partial charge in [0.25, 0.3) is 5.69 Å². The van der Waals surface area contributed by atoms with Gasteiger partial charge < -0.3 is 26.2 Å². The van der Waals surface area contributed by atoms with Crippen molar-refractivity contribution in [1.82, 2.24) is 16.0 Å². The van der Waals surface area contributed by atoms with Crippen molar-refractivity contribution in [3.8, 4) is 6.19 Å². The van der Waals surface area contributed by atoms with Crippen LogP contribution in [0.25, 0.3) is 0 Å². The number of rotatable bonds is 16. The largest absolute Gasteiger partial charge is 0.480 e. The summed E-state index contributed by atoms with van der Waals surface area (Å²) in [5, 5.41) is 50.9. The molecule has 3 unspecified atom stereocenters. The summed E-state index contributed by atoms with van der Waals surface area (Å²) in [4.78, 5) is 65.6. The zero-order valence-electron chi connectivity index (χ0n) is 30.3. The Hall–Kier alpha value is -6.30. The Kier molecular flexibility index (Phi) is 14.6. The van der Waals surface area contributed by atoms with E-state index in [0.717, 1.165) is 0 Å². The molecule has 0 heterocycles. The molecule has 0 spiro atoms. The summed E-state index contributed by atoms with van der Waals surface area (Å²) < 4.78 is 0. The van der Waals surface area contributed by atoms with E-state index in [0.29, 0.717) is 34.5 Å². The number of amides is 2. The van der Waals surface area contributed by atoms with E-state index in [4.69, 9.17) is 0 Å². The van der Waals surface area contributed by atoms with Gasteiger partial charge in [-0.1, -0.05) is 71.0 Å². The number of carbonyl (C=O) groups is 4. The van der Waals surface area contributed by atoms with Crippen LogP contribution < -0.4 is 21.3 Å². The van der Waals surface area contributed by atoms with Gasteiger partial charge in [-0.15, -0.1) is 0 Å². The molecule has 0 aliphatic carbocycles. The third-order valence-electron chi connectivity index (χ3n) is 7.98. The number of aliphatic imine (C=N–C) groups is 1. The van der Waals surface area contributed by atoms with Crippen LogP contribution in [0.1, 0.15) is 70.1 Å². The lowest BCUT2D eigenvalue weighted by Gasteiger charge is -2.24. The molecule has 280 valence electrons. The number of hydrogen-bond acceptors (Lipinski definition) is 8. The Balaban J connectivity index is 1.79. The molecule has 3 aromatic rings. The van der Waals surface area contributed by atoms with Crippen LogP contribution in [-0.2, 0) is 32.0 Å². The molecule has 0 radical (unpaired) electrons. The molecule has 0 saturated carbocycles. The summed E-state index contributed by atoms with van der Waals surface area (Å²) in [7, 11) is 0. The molecule has 0 bridgehead atoms. The number of nitro groups is 1. The normalized spacial score (nSPS) is 13.2. The lowest BCUT2D eigenvalue weighted by Crippen LogP contribution is -2.45. The molecule has 53 heavy (non-hydrogen) atoms. The van der Waals surface area contributed by atoms with Crippen molar-refractivity contribution < 1.29 is 34.3 Å². The Labute approximate surface area is 307 Å². The lowest BCUT2D eigenvalue weighted by molar-refractivity contribution is -0.384. The quantitative estimate of drug-likeness (QED) is 0.0278. The predicted molar refractivity (Wildman–Crippen MR) is 198 cm³/mol. The first-order valence-corrected chi connectivity index (χ1v) is 16.9. The number of nitrogens with zero attached hydrogens (tertiary/aromatic N) is 3. The monoisotopic (exact) mass is 727 g/mol. The summed E-state index contributed by atoms with van der Waals surface area (Å²) in [6.07, 6.45) is 2.11. The molecule has 0 aromatic heterocycles. The smallest absolute Gasteiger partial charge is 0.326 e. The summed E-state index contributed by atoms with van der Waals surface area (Å²) in [6.45, 7) is 9.48. The summed E-state index contributed by atoms with van der Waals surface area (Å²) in [5.74, 6) is -4.01. The minimum Gasteiger partial charge on any atom is -0.480 e. The first-order valence-electron chi connectivity index (χ1n) is 16.9. The third kappa shape index (κ3) is 13.4. The van der Waals surface area contributed by atoms with Crippen molar-refractivity contribution in [2.75, 3.05) is 5.32 Å². The number of nitrogens with one attached hydrogen (secondary N) is 4. The predicted octanol–water partition coefficient (Wildman–Crippen LogP) is 5.25. The average Bonchev–Trinajstić information content (AvgIpc) is 3.07. The van der Waals surface area contributed by atoms with Crippen LogP contribution in [0.15, 0.2) is 77.8 Å². The highest BCUT2D eigenvalue weighted by atomic mass is 16.6. The maximum absolute atomic E-state index is 13.8. The fraction of sp³-hybridized carbons (Fsp3) is 0.368. The number of carboxylic acid groups (broad SMARTS) is 2. The van der Waals surface area contributed by atoms with Crippen molar-refractivity contribution in [1.29, 1.82) is 5.26 Å². The number of benzene rings is 3. The number of nitriles is 1. The molecule has 15 nitrogen and oxygen atoms in total. The standard InChI is InChI=1S/C38H45N7O8/c1-23(2)18-30(24-10-12-27(13-11-24)41-37(40-22-39)42-28-14-16-29(17-15-28)45(52)53)34(47)44-32(36(50)51)20-26-9-7-6-8-25(26)19-31(35(48)49)43-33(46)21-38(3,4)5/h6-17,23,30-32H,18-21H2,1-5H3,(H,43,46)(H,44,47)(H,48,49)(H,50,51)(H2,40,41,42). The second kappa shape index (κ2) is 18.8. The summed E-state index contributed by atoms with van der Waals surface area (Å²) in [6, 6.07) is 16.3. The van der Waals surface area contributed by atoms with Crippen LogP contribution in [0, 0.1) is 32.9 Å². The summed E-state index contributed by atoms with van der Waals surface area (Å²) in [5.41, 5.74) is 2.07. The van der Waals surface area contributed by atoms with Gasteiger partial charge in [0.05, 0.1) is 16.5 Å². The fourth-order valence-corrected chi connectivity index (χ4v) is 5.51.